The van der Waals surface area contributed by atoms with Gasteiger partial charge in [0.15, 0.2) is 0 Å². The summed E-state index contributed by atoms with van der Waals surface area (Å²) in [6, 6.07) is 23.3. The summed E-state index contributed by atoms with van der Waals surface area (Å²) in [5.74, 6) is 0.179. The smallest absolute Gasteiger partial charge is 0.243 e. The second kappa shape index (κ2) is 15.4. The van der Waals surface area contributed by atoms with Gasteiger partial charge in [-0.1, -0.05) is 58.4 Å². The molecule has 0 saturated carbocycles. The number of amides is 2. The minimum atomic E-state index is -3.61. The first-order valence-electron chi connectivity index (χ1n) is 14.4. The number of nitrogens with one attached hydrogen (secondary N) is 1. The van der Waals surface area contributed by atoms with Gasteiger partial charge < -0.3 is 15.0 Å². The summed E-state index contributed by atoms with van der Waals surface area (Å²) in [6.07, 6.45) is 1.83. The predicted octanol–water partition coefficient (Wildman–Crippen LogP) is 5.95. The molecule has 3 rings (SSSR count). The van der Waals surface area contributed by atoms with Gasteiger partial charge in [-0.3, -0.25) is 13.9 Å². The first-order valence-corrected chi connectivity index (χ1v) is 17.0. The third-order valence-electron chi connectivity index (χ3n) is 6.62. The highest BCUT2D eigenvalue weighted by Gasteiger charge is 2.32. The van der Waals surface area contributed by atoms with Crippen molar-refractivity contribution in [1.82, 2.24) is 10.2 Å². The van der Waals surface area contributed by atoms with E-state index in [4.69, 9.17) is 4.74 Å². The van der Waals surface area contributed by atoms with Gasteiger partial charge in [-0.25, -0.2) is 8.42 Å². The Kier molecular flexibility index (Phi) is 12.2. The maximum atomic E-state index is 14.0. The highest BCUT2D eigenvalue weighted by Crippen LogP contribution is 2.23. The number of rotatable bonds is 14. The molecule has 3 aromatic rings. The second-order valence-electron chi connectivity index (χ2n) is 11.5. The molecule has 0 radical (unpaired) electrons. The topological polar surface area (TPSA) is 96.0 Å². The number of nitrogens with zero attached hydrogens (tertiary/aromatic N) is 2. The number of halogens is 1. The van der Waals surface area contributed by atoms with Gasteiger partial charge in [-0.15, -0.1) is 0 Å². The minimum Gasteiger partial charge on any atom is -0.494 e. The van der Waals surface area contributed by atoms with Crippen LogP contribution in [-0.2, 0) is 32.6 Å². The maximum absolute atomic E-state index is 14.0. The SMILES string of the molecule is CCOc1ccc(N(CCCC(=O)N(Cc2ccc(Br)cc2)[C@H](Cc2ccccc2)C(=O)NC(C)(C)C)S(C)(=O)=O)cc1. The molecule has 0 aromatic heterocycles. The van der Waals surface area contributed by atoms with Crippen molar-refractivity contribution in [2.24, 2.45) is 0 Å². The van der Waals surface area contributed by atoms with Gasteiger partial charge in [0.2, 0.25) is 21.8 Å². The van der Waals surface area contributed by atoms with E-state index in [-0.39, 0.29) is 37.7 Å². The van der Waals surface area contributed by atoms with Gasteiger partial charge in [0.05, 0.1) is 18.6 Å². The van der Waals surface area contributed by atoms with Crippen molar-refractivity contribution in [2.75, 3.05) is 23.7 Å². The Bertz CT molecular complexity index is 1440. The Morgan fingerprint density at radius 1 is 0.930 bits per heavy atom. The lowest BCUT2D eigenvalue weighted by molar-refractivity contribution is -0.142. The van der Waals surface area contributed by atoms with Crippen LogP contribution in [0.2, 0.25) is 0 Å². The van der Waals surface area contributed by atoms with Gasteiger partial charge in [-0.2, -0.15) is 0 Å². The van der Waals surface area contributed by atoms with Gasteiger partial charge in [0, 0.05) is 35.9 Å². The molecule has 43 heavy (non-hydrogen) atoms. The van der Waals surface area contributed by atoms with Crippen molar-refractivity contribution in [3.05, 3.63) is 94.5 Å². The maximum Gasteiger partial charge on any atom is 0.243 e. The van der Waals surface area contributed by atoms with E-state index in [0.717, 1.165) is 21.9 Å². The number of benzene rings is 3. The van der Waals surface area contributed by atoms with Crippen LogP contribution in [0.3, 0.4) is 0 Å². The van der Waals surface area contributed by atoms with E-state index < -0.39 is 21.6 Å². The highest BCUT2D eigenvalue weighted by molar-refractivity contribution is 9.10. The molecule has 2 amide bonds. The summed E-state index contributed by atoms with van der Waals surface area (Å²) in [7, 11) is -3.61. The molecule has 0 fully saturated rings. The Balaban J connectivity index is 1.87. The van der Waals surface area contributed by atoms with E-state index in [0.29, 0.717) is 24.5 Å². The molecule has 0 spiro atoms. The third-order valence-corrected chi connectivity index (χ3v) is 8.35. The molecule has 0 unspecified atom stereocenters. The molecule has 0 bridgehead atoms. The van der Waals surface area contributed by atoms with Crippen molar-refractivity contribution in [3.8, 4) is 5.75 Å². The van der Waals surface area contributed by atoms with Crippen LogP contribution in [0, 0.1) is 0 Å². The number of carbonyl (C=O) groups is 2. The molecule has 0 saturated heterocycles. The van der Waals surface area contributed by atoms with Crippen LogP contribution in [0.15, 0.2) is 83.3 Å². The van der Waals surface area contributed by atoms with Crippen molar-refractivity contribution in [3.63, 3.8) is 0 Å². The molecule has 1 N–H and O–H groups in total. The molecule has 0 aliphatic carbocycles. The van der Waals surface area contributed by atoms with Crippen molar-refractivity contribution < 1.29 is 22.7 Å². The minimum absolute atomic E-state index is 0.0632. The summed E-state index contributed by atoms with van der Waals surface area (Å²) < 4.78 is 33.1. The molecule has 8 nitrogen and oxygen atoms in total. The number of carbonyl (C=O) groups excluding carboxylic acids is 2. The Morgan fingerprint density at radius 2 is 1.56 bits per heavy atom. The fraction of sp³-hybridized carbons (Fsp3) is 0.394. The molecular formula is C33H42BrN3O5S. The predicted molar refractivity (Wildman–Crippen MR) is 176 cm³/mol. The number of hydrogen-bond donors (Lipinski definition) is 1. The first-order chi connectivity index (χ1) is 20.3. The zero-order chi connectivity index (χ0) is 31.6. The average Bonchev–Trinajstić information content (AvgIpc) is 2.93. The molecule has 0 heterocycles. The molecular weight excluding hydrogens is 630 g/mol. The van der Waals surface area contributed by atoms with Crippen molar-refractivity contribution >= 4 is 43.5 Å². The van der Waals surface area contributed by atoms with Gasteiger partial charge in [0.25, 0.3) is 0 Å². The summed E-state index contributed by atoms with van der Waals surface area (Å²) >= 11 is 3.46. The second-order valence-corrected chi connectivity index (χ2v) is 14.3. The number of ether oxygens (including phenoxy) is 1. The number of hydrogen-bond acceptors (Lipinski definition) is 5. The van der Waals surface area contributed by atoms with E-state index in [1.165, 1.54) is 4.31 Å². The summed E-state index contributed by atoms with van der Waals surface area (Å²) in [5.41, 5.74) is 1.82. The number of sulfonamides is 1. The summed E-state index contributed by atoms with van der Waals surface area (Å²) in [5, 5.41) is 3.06. The normalized spacial score (nSPS) is 12.3. The Hall–Kier alpha value is -3.37. The quantitative estimate of drug-likeness (QED) is 0.229. The van der Waals surface area contributed by atoms with E-state index >= 15 is 0 Å². The molecule has 0 aliphatic heterocycles. The largest absolute Gasteiger partial charge is 0.494 e. The monoisotopic (exact) mass is 671 g/mol. The zero-order valence-electron chi connectivity index (χ0n) is 25.5. The molecule has 10 heteroatoms. The van der Waals surface area contributed by atoms with Crippen molar-refractivity contribution in [2.45, 2.75) is 65.1 Å². The van der Waals surface area contributed by atoms with Gasteiger partial charge in [-0.05, 0) is 81.6 Å². The molecule has 232 valence electrons. The lowest BCUT2D eigenvalue weighted by atomic mass is 10.00. The summed E-state index contributed by atoms with van der Waals surface area (Å²) in [6.45, 7) is 8.46. The fourth-order valence-corrected chi connectivity index (χ4v) is 5.90. The highest BCUT2D eigenvalue weighted by atomic mass is 79.9. The van der Waals surface area contributed by atoms with E-state index in [2.05, 4.69) is 21.2 Å². The Morgan fingerprint density at radius 3 is 2.12 bits per heavy atom. The van der Waals surface area contributed by atoms with Crippen LogP contribution < -0.4 is 14.4 Å². The van der Waals surface area contributed by atoms with Crippen molar-refractivity contribution in [1.29, 1.82) is 0 Å². The van der Waals surface area contributed by atoms with Gasteiger partial charge in [0.1, 0.15) is 11.8 Å². The van der Waals surface area contributed by atoms with Crippen LogP contribution >= 0.6 is 15.9 Å². The summed E-state index contributed by atoms with van der Waals surface area (Å²) in [4.78, 5) is 29.3. The van der Waals surface area contributed by atoms with E-state index in [9.17, 15) is 18.0 Å². The third kappa shape index (κ3) is 11.0. The molecule has 3 aromatic carbocycles. The molecule has 0 aliphatic rings. The van der Waals surface area contributed by atoms with Gasteiger partial charge >= 0.3 is 0 Å². The first kappa shape index (κ1) is 34.1. The van der Waals surface area contributed by atoms with Crippen LogP contribution in [0.1, 0.15) is 51.7 Å². The van der Waals surface area contributed by atoms with Crippen LogP contribution in [-0.4, -0.2) is 56.1 Å². The van der Waals surface area contributed by atoms with E-state index in [1.807, 2.05) is 82.3 Å². The zero-order valence-corrected chi connectivity index (χ0v) is 27.9. The Labute approximate surface area is 264 Å². The van der Waals surface area contributed by atoms with Crippen LogP contribution in [0.25, 0.3) is 0 Å². The average molecular weight is 673 g/mol. The van der Waals surface area contributed by atoms with Crippen LogP contribution in [0.4, 0.5) is 5.69 Å². The lowest BCUT2D eigenvalue weighted by Gasteiger charge is -2.34. The van der Waals surface area contributed by atoms with Crippen LogP contribution in [0.5, 0.6) is 5.75 Å². The molecule has 1 atom stereocenters. The lowest BCUT2D eigenvalue weighted by Crippen LogP contribution is -2.54. The van der Waals surface area contributed by atoms with E-state index in [1.54, 1.807) is 29.2 Å². The number of anilines is 1. The fourth-order valence-electron chi connectivity index (χ4n) is 4.67. The standard InChI is InChI=1S/C33H42BrN3O5S/c1-6-42-29-20-18-28(19-21-29)37(43(5,40)41)22-10-13-31(38)36(24-26-14-16-27(34)17-15-26)30(32(39)35-33(2,3)4)23-25-11-8-7-9-12-25/h7-9,11-12,14-21,30H,6,10,13,22-24H2,1-5H3,(H,35,39)/t30-/m1/s1.